The van der Waals surface area contributed by atoms with Gasteiger partial charge in [-0.25, -0.2) is 0 Å². The first kappa shape index (κ1) is 20.1. The van der Waals surface area contributed by atoms with Crippen LogP contribution in [0.4, 0.5) is 22.7 Å². The fraction of sp³-hybridized carbons (Fsp3) is 0.138. The zero-order valence-corrected chi connectivity index (χ0v) is 18.4. The topological polar surface area (TPSA) is 32.3 Å². The van der Waals surface area contributed by atoms with E-state index < -0.39 is 0 Å². The van der Waals surface area contributed by atoms with Crippen LogP contribution < -0.4 is 10.2 Å². The quantitative estimate of drug-likeness (QED) is 0.323. The molecule has 5 rings (SSSR count). The summed E-state index contributed by atoms with van der Waals surface area (Å²) in [5, 5.41) is 3.03. The van der Waals surface area contributed by atoms with Crippen LogP contribution in [0.15, 0.2) is 97.1 Å². The molecule has 0 radical (unpaired) electrons. The van der Waals surface area contributed by atoms with Crippen LogP contribution >= 0.6 is 0 Å². The van der Waals surface area contributed by atoms with Crippen LogP contribution in [-0.2, 0) is 4.79 Å². The number of hydrogen-bond acceptors (Lipinski definition) is 2. The molecule has 1 aliphatic rings. The van der Waals surface area contributed by atoms with E-state index in [1.807, 2.05) is 26.0 Å². The van der Waals surface area contributed by atoms with Gasteiger partial charge in [-0.15, -0.1) is 0 Å². The minimum absolute atomic E-state index is 0.00228. The van der Waals surface area contributed by atoms with Crippen LogP contribution in [0.5, 0.6) is 0 Å². The first-order chi connectivity index (χ1) is 15.7. The lowest BCUT2D eigenvalue weighted by Gasteiger charge is -2.27. The Kier molecular flexibility index (Phi) is 5.24. The number of hydrogen-bond donors (Lipinski definition) is 1. The van der Waals surface area contributed by atoms with Crippen molar-refractivity contribution in [3.63, 3.8) is 0 Å². The molecule has 0 fully saturated rings. The van der Waals surface area contributed by atoms with Crippen molar-refractivity contribution in [3.8, 4) is 22.3 Å². The Bertz CT molecular complexity index is 1210. The molecule has 158 valence electrons. The van der Waals surface area contributed by atoms with Gasteiger partial charge in [0.25, 0.3) is 0 Å². The van der Waals surface area contributed by atoms with Crippen LogP contribution in [-0.4, -0.2) is 5.91 Å². The molecule has 0 bridgehead atoms. The molecule has 1 N–H and O–H groups in total. The number of para-hydroxylation sites is 2. The Labute approximate surface area is 189 Å². The van der Waals surface area contributed by atoms with Gasteiger partial charge < -0.3 is 10.2 Å². The molecule has 1 amide bonds. The molecule has 0 spiro atoms. The van der Waals surface area contributed by atoms with E-state index in [-0.39, 0.29) is 11.8 Å². The maximum atomic E-state index is 12.3. The second-order valence-corrected chi connectivity index (χ2v) is 8.26. The maximum absolute atomic E-state index is 12.3. The van der Waals surface area contributed by atoms with Crippen molar-refractivity contribution >= 4 is 28.7 Å². The Morgan fingerprint density at radius 2 is 1.19 bits per heavy atom. The van der Waals surface area contributed by atoms with Gasteiger partial charge in [-0.2, -0.15) is 0 Å². The van der Waals surface area contributed by atoms with Crippen molar-refractivity contribution in [2.75, 3.05) is 10.2 Å². The number of fused-ring (bicyclic) bond motifs is 5. The molecule has 32 heavy (non-hydrogen) atoms. The zero-order valence-electron chi connectivity index (χ0n) is 18.4. The largest absolute Gasteiger partial charge is 0.326 e. The highest BCUT2D eigenvalue weighted by molar-refractivity contribution is 6.02. The van der Waals surface area contributed by atoms with E-state index in [0.717, 1.165) is 29.2 Å². The number of anilines is 4. The van der Waals surface area contributed by atoms with Crippen molar-refractivity contribution in [1.29, 1.82) is 0 Å². The van der Waals surface area contributed by atoms with E-state index in [0.29, 0.717) is 0 Å². The van der Waals surface area contributed by atoms with Gasteiger partial charge in [0, 0.05) is 28.4 Å². The predicted molar refractivity (Wildman–Crippen MR) is 134 cm³/mol. The third-order valence-corrected chi connectivity index (χ3v) is 6.25. The fourth-order valence-corrected chi connectivity index (χ4v) is 4.30. The molecule has 3 heteroatoms. The van der Waals surface area contributed by atoms with Gasteiger partial charge >= 0.3 is 0 Å². The van der Waals surface area contributed by atoms with Gasteiger partial charge in [0.2, 0.25) is 5.91 Å². The van der Waals surface area contributed by atoms with Crippen LogP contribution in [0.2, 0.25) is 0 Å². The summed E-state index contributed by atoms with van der Waals surface area (Å²) in [6.45, 7) is 3.98. The van der Waals surface area contributed by atoms with E-state index in [1.54, 1.807) is 0 Å². The summed E-state index contributed by atoms with van der Waals surface area (Å²) in [4.78, 5) is 14.6. The van der Waals surface area contributed by atoms with E-state index in [2.05, 4.69) is 95.1 Å². The average Bonchev–Trinajstić information content (AvgIpc) is 2.97. The van der Waals surface area contributed by atoms with E-state index >= 15 is 0 Å². The SMILES string of the molecule is CCC(C)C(=O)Nc1ccc(N2c3ccccc3-c3ccccc3-c3ccccc32)cc1. The molecule has 1 aliphatic heterocycles. The molecule has 0 saturated heterocycles. The zero-order chi connectivity index (χ0) is 22.1. The van der Waals surface area contributed by atoms with E-state index in [1.165, 1.54) is 22.3 Å². The number of amides is 1. The summed E-state index contributed by atoms with van der Waals surface area (Å²) < 4.78 is 0. The highest BCUT2D eigenvalue weighted by Gasteiger charge is 2.25. The first-order valence-corrected chi connectivity index (χ1v) is 11.2. The first-order valence-electron chi connectivity index (χ1n) is 11.2. The smallest absolute Gasteiger partial charge is 0.227 e. The molecule has 1 unspecified atom stereocenters. The second-order valence-electron chi connectivity index (χ2n) is 8.26. The van der Waals surface area contributed by atoms with Gasteiger partial charge in [0.15, 0.2) is 0 Å². The molecule has 0 aromatic heterocycles. The van der Waals surface area contributed by atoms with Gasteiger partial charge in [0.05, 0.1) is 11.4 Å². The molecule has 0 saturated carbocycles. The standard InChI is InChI=1S/C29H26N2O/c1-3-20(2)29(32)30-21-16-18-22(19-17-21)31-27-14-8-6-12-25(27)23-10-4-5-11-24(23)26-13-7-9-15-28(26)31/h4-20H,3H2,1-2H3,(H,30,32). The molecule has 1 atom stereocenters. The molecule has 0 aliphatic carbocycles. The van der Waals surface area contributed by atoms with Crippen molar-refractivity contribution in [3.05, 3.63) is 97.1 Å². The number of nitrogens with one attached hydrogen (secondary N) is 1. The highest BCUT2D eigenvalue weighted by atomic mass is 16.1. The van der Waals surface area contributed by atoms with Gasteiger partial charge in [-0.05, 0) is 53.9 Å². The summed E-state index contributed by atoms with van der Waals surface area (Å²) >= 11 is 0. The summed E-state index contributed by atoms with van der Waals surface area (Å²) in [7, 11) is 0. The summed E-state index contributed by atoms with van der Waals surface area (Å²) in [5.74, 6) is 0.0544. The third-order valence-electron chi connectivity index (χ3n) is 6.25. The van der Waals surface area contributed by atoms with Gasteiger partial charge in [-0.3, -0.25) is 4.79 Å². The fourth-order valence-electron chi connectivity index (χ4n) is 4.30. The highest BCUT2D eigenvalue weighted by Crippen LogP contribution is 2.50. The lowest BCUT2D eigenvalue weighted by atomic mass is 9.95. The molecule has 4 aromatic carbocycles. The van der Waals surface area contributed by atoms with Crippen LogP contribution in [0.1, 0.15) is 20.3 Å². The minimum Gasteiger partial charge on any atom is -0.326 e. The van der Waals surface area contributed by atoms with Crippen molar-refractivity contribution < 1.29 is 4.79 Å². The van der Waals surface area contributed by atoms with Crippen LogP contribution in [0.3, 0.4) is 0 Å². The maximum Gasteiger partial charge on any atom is 0.227 e. The van der Waals surface area contributed by atoms with Gasteiger partial charge in [0.1, 0.15) is 0 Å². The van der Waals surface area contributed by atoms with E-state index in [4.69, 9.17) is 0 Å². The lowest BCUT2D eigenvalue weighted by Crippen LogP contribution is -2.19. The van der Waals surface area contributed by atoms with Crippen LogP contribution in [0.25, 0.3) is 22.3 Å². The number of rotatable bonds is 4. The lowest BCUT2D eigenvalue weighted by molar-refractivity contribution is -0.119. The number of nitrogens with zero attached hydrogens (tertiary/aromatic N) is 1. The number of carbonyl (C=O) groups excluding carboxylic acids is 1. The summed E-state index contributed by atoms with van der Waals surface area (Å²) in [5.41, 5.74) is 9.02. The molecule has 1 heterocycles. The second kappa shape index (κ2) is 8.35. The molecule has 3 nitrogen and oxygen atoms in total. The Balaban J connectivity index is 1.64. The molecular weight excluding hydrogens is 392 g/mol. The summed E-state index contributed by atoms with van der Waals surface area (Å²) in [6.07, 6.45) is 0.825. The Morgan fingerprint density at radius 3 is 1.69 bits per heavy atom. The van der Waals surface area contributed by atoms with Crippen LogP contribution in [0, 0.1) is 5.92 Å². The Morgan fingerprint density at radius 1 is 0.719 bits per heavy atom. The Hall–Kier alpha value is -3.85. The predicted octanol–water partition coefficient (Wildman–Crippen LogP) is 7.79. The van der Waals surface area contributed by atoms with E-state index in [9.17, 15) is 4.79 Å². The normalized spacial score (nSPS) is 12.8. The van der Waals surface area contributed by atoms with Crippen molar-refractivity contribution in [1.82, 2.24) is 0 Å². The monoisotopic (exact) mass is 418 g/mol. The average molecular weight is 419 g/mol. The summed E-state index contributed by atoms with van der Waals surface area (Å²) in [6, 6.07) is 33.8. The third kappa shape index (κ3) is 3.46. The minimum atomic E-state index is -0.00228. The van der Waals surface area contributed by atoms with Crippen molar-refractivity contribution in [2.24, 2.45) is 5.92 Å². The molecule has 4 aromatic rings. The molecular formula is C29H26N2O. The van der Waals surface area contributed by atoms with Gasteiger partial charge in [-0.1, -0.05) is 74.5 Å². The number of carbonyl (C=O) groups is 1. The number of benzene rings is 4. The van der Waals surface area contributed by atoms with Crippen molar-refractivity contribution in [2.45, 2.75) is 20.3 Å².